The molecular weight excluding hydrogens is 458 g/mol. The van der Waals surface area contributed by atoms with Crippen LogP contribution in [-0.2, 0) is 11.2 Å². The van der Waals surface area contributed by atoms with Crippen LogP contribution in [0.2, 0.25) is 0 Å². The highest BCUT2D eigenvalue weighted by Crippen LogP contribution is 2.38. The van der Waals surface area contributed by atoms with E-state index < -0.39 is 5.97 Å². The first-order valence-corrected chi connectivity index (χ1v) is 11.8. The van der Waals surface area contributed by atoms with Crippen molar-refractivity contribution < 1.29 is 24.1 Å². The molecule has 36 heavy (non-hydrogen) atoms. The van der Waals surface area contributed by atoms with Gasteiger partial charge in [0.2, 0.25) is 0 Å². The fraction of sp³-hybridized carbons (Fsp3) is 0.250. The number of para-hydroxylation sites is 1. The van der Waals surface area contributed by atoms with E-state index in [4.69, 9.17) is 19.3 Å². The van der Waals surface area contributed by atoms with Crippen LogP contribution in [0.5, 0.6) is 17.2 Å². The van der Waals surface area contributed by atoms with Gasteiger partial charge < -0.3 is 24.6 Å². The lowest BCUT2D eigenvalue weighted by Crippen LogP contribution is -2.08. The fourth-order valence-electron chi connectivity index (χ4n) is 4.05. The minimum Gasteiger partial charge on any atom is -0.496 e. The van der Waals surface area contributed by atoms with Crippen molar-refractivity contribution in [3.05, 3.63) is 72.6 Å². The maximum Gasteiger partial charge on any atom is 0.306 e. The van der Waals surface area contributed by atoms with Gasteiger partial charge in [-0.15, -0.1) is 0 Å². The van der Waals surface area contributed by atoms with Crippen LogP contribution >= 0.6 is 0 Å². The topological polar surface area (TPSA) is 103 Å². The zero-order valence-corrected chi connectivity index (χ0v) is 20.4. The number of carbonyl (C=O) groups is 1. The van der Waals surface area contributed by atoms with Crippen LogP contribution < -0.4 is 19.5 Å². The van der Waals surface area contributed by atoms with Crippen LogP contribution in [0, 0.1) is 0 Å². The molecule has 3 aromatic carbocycles. The summed E-state index contributed by atoms with van der Waals surface area (Å²) in [4.78, 5) is 19.7. The lowest BCUT2D eigenvalue weighted by atomic mass is 10.0. The second kappa shape index (κ2) is 11.9. The predicted molar refractivity (Wildman–Crippen MR) is 139 cm³/mol. The second-order valence-electron chi connectivity index (χ2n) is 7.99. The molecule has 0 spiro atoms. The van der Waals surface area contributed by atoms with E-state index in [0.29, 0.717) is 36.2 Å². The van der Waals surface area contributed by atoms with Gasteiger partial charge in [-0.1, -0.05) is 36.4 Å². The van der Waals surface area contributed by atoms with E-state index in [-0.39, 0.29) is 13.0 Å². The lowest BCUT2D eigenvalue weighted by molar-refractivity contribution is -0.137. The molecule has 4 aromatic rings. The number of fused-ring (bicyclic) bond motifs is 1. The first kappa shape index (κ1) is 24.8. The van der Waals surface area contributed by atoms with Gasteiger partial charge in [0, 0.05) is 23.7 Å². The van der Waals surface area contributed by atoms with Crippen LogP contribution in [0.1, 0.15) is 18.9 Å². The highest BCUT2D eigenvalue weighted by atomic mass is 16.5. The third kappa shape index (κ3) is 5.83. The Balaban J connectivity index is 1.53. The normalized spacial score (nSPS) is 10.7. The lowest BCUT2D eigenvalue weighted by Gasteiger charge is -2.16. The molecule has 0 unspecified atom stereocenters. The maximum atomic E-state index is 10.9. The molecule has 1 aromatic heterocycles. The zero-order valence-electron chi connectivity index (χ0n) is 20.4. The molecule has 0 atom stereocenters. The molecule has 0 saturated heterocycles. The molecule has 0 aliphatic rings. The average molecular weight is 488 g/mol. The van der Waals surface area contributed by atoms with Gasteiger partial charge in [-0.05, 0) is 42.3 Å². The molecule has 186 valence electrons. The van der Waals surface area contributed by atoms with Gasteiger partial charge in [0.1, 0.15) is 17.9 Å². The van der Waals surface area contributed by atoms with Crippen molar-refractivity contribution >= 4 is 22.6 Å². The quantitative estimate of drug-likeness (QED) is 0.281. The Morgan fingerprint density at radius 1 is 1.00 bits per heavy atom. The fourth-order valence-corrected chi connectivity index (χ4v) is 4.05. The molecule has 0 fully saturated rings. The molecule has 2 N–H and O–H groups in total. The van der Waals surface area contributed by atoms with Crippen molar-refractivity contribution in [2.24, 2.45) is 0 Å². The Bertz CT molecular complexity index is 1340. The van der Waals surface area contributed by atoms with Gasteiger partial charge in [0.05, 0.1) is 32.4 Å². The maximum absolute atomic E-state index is 10.9. The molecule has 8 nitrogen and oxygen atoms in total. The number of carboxylic acids is 1. The highest BCUT2D eigenvalue weighted by Gasteiger charge is 2.15. The van der Waals surface area contributed by atoms with Crippen molar-refractivity contribution in [3.63, 3.8) is 0 Å². The van der Waals surface area contributed by atoms with Gasteiger partial charge in [-0.2, -0.15) is 0 Å². The second-order valence-corrected chi connectivity index (χ2v) is 7.99. The summed E-state index contributed by atoms with van der Waals surface area (Å²) in [6.45, 7) is 3.01. The van der Waals surface area contributed by atoms with Gasteiger partial charge in [-0.25, -0.2) is 9.97 Å². The van der Waals surface area contributed by atoms with E-state index in [1.54, 1.807) is 13.2 Å². The SMILES string of the molecule is CCOc1c(OCCC(=O)O)cccc1-c1cc(NCCc2c(OC)ccc3ccccc23)ncn1. The average Bonchev–Trinajstić information content (AvgIpc) is 2.89. The number of benzene rings is 3. The number of rotatable bonds is 12. The zero-order chi connectivity index (χ0) is 25.3. The Kier molecular flexibility index (Phi) is 8.18. The predicted octanol–water partition coefficient (Wildman–Crippen LogP) is 5.21. The van der Waals surface area contributed by atoms with Gasteiger partial charge in [0.25, 0.3) is 0 Å². The number of hydrogen-bond acceptors (Lipinski definition) is 7. The first-order valence-electron chi connectivity index (χ1n) is 11.8. The monoisotopic (exact) mass is 487 g/mol. The first-order chi connectivity index (χ1) is 17.6. The smallest absolute Gasteiger partial charge is 0.306 e. The molecule has 0 amide bonds. The van der Waals surface area contributed by atoms with E-state index in [1.807, 2.05) is 43.3 Å². The molecule has 1 heterocycles. The molecule has 0 saturated carbocycles. The van der Waals surface area contributed by atoms with E-state index in [0.717, 1.165) is 23.3 Å². The number of aromatic nitrogens is 2. The van der Waals surface area contributed by atoms with Crippen LogP contribution in [-0.4, -0.2) is 47.9 Å². The van der Waals surface area contributed by atoms with Crippen molar-refractivity contribution in [2.75, 3.05) is 32.2 Å². The summed E-state index contributed by atoms with van der Waals surface area (Å²) in [6, 6.07) is 19.7. The third-order valence-electron chi connectivity index (χ3n) is 5.68. The third-order valence-corrected chi connectivity index (χ3v) is 5.68. The Labute approximate surface area is 209 Å². The number of methoxy groups -OCH3 is 1. The van der Waals surface area contributed by atoms with Crippen LogP contribution in [0.3, 0.4) is 0 Å². The van der Waals surface area contributed by atoms with Crippen molar-refractivity contribution in [2.45, 2.75) is 19.8 Å². The van der Waals surface area contributed by atoms with E-state index in [2.05, 4.69) is 33.5 Å². The van der Waals surface area contributed by atoms with Crippen molar-refractivity contribution in [1.29, 1.82) is 0 Å². The van der Waals surface area contributed by atoms with Gasteiger partial charge >= 0.3 is 5.97 Å². The van der Waals surface area contributed by atoms with Gasteiger partial charge in [-0.3, -0.25) is 4.79 Å². The Hall–Kier alpha value is -4.33. The number of anilines is 1. The van der Waals surface area contributed by atoms with E-state index in [1.165, 1.54) is 17.1 Å². The molecule has 0 aliphatic heterocycles. The largest absolute Gasteiger partial charge is 0.496 e. The molecule has 0 bridgehead atoms. The summed E-state index contributed by atoms with van der Waals surface area (Å²) in [7, 11) is 1.69. The number of hydrogen-bond donors (Lipinski definition) is 2. The Morgan fingerprint density at radius 3 is 2.67 bits per heavy atom. The van der Waals surface area contributed by atoms with Crippen LogP contribution in [0.15, 0.2) is 67.0 Å². The summed E-state index contributed by atoms with van der Waals surface area (Å²) in [5, 5.41) is 14.6. The molecule has 0 radical (unpaired) electrons. The highest BCUT2D eigenvalue weighted by molar-refractivity contribution is 5.87. The molecule has 4 rings (SSSR count). The standard InChI is InChI=1S/C28H29N3O5/c1-3-35-28-22(9-6-10-25(28)36-16-14-27(32)33)23-17-26(31-18-30-23)29-15-13-21-20-8-5-4-7-19(20)11-12-24(21)34-2/h4-12,17-18H,3,13-16H2,1-2H3,(H,32,33)(H,29,30,31). The van der Waals surface area contributed by atoms with Crippen LogP contribution in [0.4, 0.5) is 5.82 Å². The molecule has 8 heteroatoms. The van der Waals surface area contributed by atoms with E-state index in [9.17, 15) is 4.79 Å². The van der Waals surface area contributed by atoms with E-state index >= 15 is 0 Å². The molecule has 0 aliphatic carbocycles. The summed E-state index contributed by atoms with van der Waals surface area (Å²) in [5.41, 5.74) is 2.55. The minimum absolute atomic E-state index is 0.0487. The number of nitrogens with zero attached hydrogens (tertiary/aromatic N) is 2. The Morgan fingerprint density at radius 2 is 1.86 bits per heavy atom. The summed E-state index contributed by atoms with van der Waals surface area (Å²) >= 11 is 0. The summed E-state index contributed by atoms with van der Waals surface area (Å²) < 4.78 is 17.2. The van der Waals surface area contributed by atoms with Crippen molar-refractivity contribution in [3.8, 4) is 28.5 Å². The summed E-state index contributed by atoms with van der Waals surface area (Å²) in [5.74, 6) is 1.62. The van der Waals surface area contributed by atoms with Crippen molar-refractivity contribution in [1.82, 2.24) is 9.97 Å². The number of nitrogens with one attached hydrogen (secondary N) is 1. The molecular formula is C28H29N3O5. The number of carboxylic acid groups (broad SMARTS) is 1. The number of ether oxygens (including phenoxy) is 3. The minimum atomic E-state index is -0.920. The number of aliphatic carboxylic acids is 1. The summed E-state index contributed by atoms with van der Waals surface area (Å²) in [6.07, 6.45) is 2.16. The van der Waals surface area contributed by atoms with Gasteiger partial charge in [0.15, 0.2) is 11.5 Å². The van der Waals surface area contributed by atoms with Crippen LogP contribution in [0.25, 0.3) is 22.0 Å².